The number of hydrogen-bond acceptors (Lipinski definition) is 4. The van der Waals surface area contributed by atoms with Crippen molar-refractivity contribution in [1.82, 2.24) is 16.0 Å². The average Bonchev–Trinajstić information content (AvgIpc) is 2.29. The van der Waals surface area contributed by atoms with E-state index in [1.807, 2.05) is 0 Å². The maximum absolute atomic E-state index is 11.6. The van der Waals surface area contributed by atoms with E-state index in [0.29, 0.717) is 0 Å². The van der Waals surface area contributed by atoms with Crippen molar-refractivity contribution >= 4 is 23.8 Å². The lowest BCUT2D eigenvalue weighted by Gasteiger charge is -2.24. The fraction of sp³-hybridized carbons (Fsp3) is 0.636. The molecule has 0 radical (unpaired) electrons. The normalized spacial score (nSPS) is 20.7. The number of carbonyl (C=O) groups excluding carboxylic acids is 3. The Labute approximate surface area is 109 Å². The Morgan fingerprint density at radius 2 is 2.00 bits per heavy atom. The molecule has 1 fully saturated rings. The number of hydrogen-bond donors (Lipinski definition) is 4. The standard InChI is InChI=1S/C11H17N3O5/c1-5(2)8(10(17)18)14-11(19)12-6-3-4-7(15)13-9(6)16/h5-6,8H,3-4H2,1-2H3,(H,17,18)(H2,12,14,19)(H,13,15,16)/t6?,8-/m0/s1. The minimum Gasteiger partial charge on any atom is -0.480 e. The molecule has 0 bridgehead atoms. The fourth-order valence-corrected chi connectivity index (χ4v) is 1.69. The lowest BCUT2D eigenvalue weighted by Crippen LogP contribution is -2.57. The highest BCUT2D eigenvalue weighted by molar-refractivity contribution is 6.01. The van der Waals surface area contributed by atoms with Crippen molar-refractivity contribution in [3.8, 4) is 0 Å². The quantitative estimate of drug-likeness (QED) is 0.498. The zero-order valence-corrected chi connectivity index (χ0v) is 10.7. The monoisotopic (exact) mass is 271 g/mol. The zero-order chi connectivity index (χ0) is 14.6. The molecule has 2 atom stereocenters. The number of carboxylic acid groups (broad SMARTS) is 1. The van der Waals surface area contributed by atoms with Crippen LogP contribution in [0.4, 0.5) is 4.79 Å². The molecule has 1 saturated heterocycles. The van der Waals surface area contributed by atoms with Gasteiger partial charge in [-0.05, 0) is 12.3 Å². The number of amides is 4. The molecular weight excluding hydrogens is 254 g/mol. The number of carboxylic acids is 1. The maximum atomic E-state index is 11.6. The third kappa shape index (κ3) is 4.23. The van der Waals surface area contributed by atoms with E-state index in [2.05, 4.69) is 16.0 Å². The Kier molecular flexibility index (Phi) is 4.85. The maximum Gasteiger partial charge on any atom is 0.326 e. The van der Waals surface area contributed by atoms with Crippen LogP contribution in [0.5, 0.6) is 0 Å². The van der Waals surface area contributed by atoms with E-state index in [1.54, 1.807) is 13.8 Å². The minimum atomic E-state index is -1.14. The highest BCUT2D eigenvalue weighted by Gasteiger charge is 2.29. The Morgan fingerprint density at radius 1 is 1.37 bits per heavy atom. The molecule has 8 nitrogen and oxygen atoms in total. The summed E-state index contributed by atoms with van der Waals surface area (Å²) in [7, 11) is 0. The van der Waals surface area contributed by atoms with Crippen molar-refractivity contribution in [3.05, 3.63) is 0 Å². The van der Waals surface area contributed by atoms with Gasteiger partial charge in [0.2, 0.25) is 11.8 Å². The molecule has 1 rings (SSSR count). The van der Waals surface area contributed by atoms with Crippen molar-refractivity contribution in [2.75, 3.05) is 0 Å². The van der Waals surface area contributed by atoms with Gasteiger partial charge in [0, 0.05) is 6.42 Å². The van der Waals surface area contributed by atoms with E-state index in [0.717, 1.165) is 0 Å². The van der Waals surface area contributed by atoms with E-state index in [9.17, 15) is 19.2 Å². The number of piperidine rings is 1. The molecule has 4 amide bonds. The molecule has 8 heteroatoms. The van der Waals surface area contributed by atoms with Crippen molar-refractivity contribution in [2.45, 2.75) is 38.8 Å². The van der Waals surface area contributed by atoms with Crippen molar-refractivity contribution in [3.63, 3.8) is 0 Å². The second-order valence-electron chi connectivity index (χ2n) is 4.68. The summed E-state index contributed by atoms with van der Waals surface area (Å²) < 4.78 is 0. The summed E-state index contributed by atoms with van der Waals surface area (Å²) in [4.78, 5) is 44.8. The van der Waals surface area contributed by atoms with Crippen LogP contribution in [0, 0.1) is 5.92 Å². The van der Waals surface area contributed by atoms with E-state index in [1.165, 1.54) is 0 Å². The third-order valence-corrected chi connectivity index (χ3v) is 2.76. The van der Waals surface area contributed by atoms with Crippen LogP contribution in [-0.2, 0) is 14.4 Å². The lowest BCUT2D eigenvalue weighted by molar-refractivity contribution is -0.140. The highest BCUT2D eigenvalue weighted by atomic mass is 16.4. The molecule has 4 N–H and O–H groups in total. The minimum absolute atomic E-state index is 0.142. The van der Waals surface area contributed by atoms with Crippen LogP contribution < -0.4 is 16.0 Å². The Morgan fingerprint density at radius 3 is 2.47 bits per heavy atom. The summed E-state index contributed by atoms with van der Waals surface area (Å²) in [6.07, 6.45) is 0.348. The average molecular weight is 271 g/mol. The summed E-state index contributed by atoms with van der Waals surface area (Å²) in [6, 6.07) is -2.59. The first kappa shape index (κ1) is 14.9. The van der Waals surface area contributed by atoms with Gasteiger partial charge in [0.25, 0.3) is 0 Å². The van der Waals surface area contributed by atoms with Crippen molar-refractivity contribution in [2.24, 2.45) is 5.92 Å². The zero-order valence-electron chi connectivity index (χ0n) is 10.7. The molecule has 0 aromatic rings. The number of aliphatic carboxylic acids is 1. The lowest BCUT2D eigenvalue weighted by atomic mass is 10.0. The smallest absolute Gasteiger partial charge is 0.326 e. The molecule has 0 saturated carbocycles. The molecular formula is C11H17N3O5. The van der Waals surface area contributed by atoms with Gasteiger partial charge in [-0.25, -0.2) is 9.59 Å². The first-order valence-electron chi connectivity index (χ1n) is 5.94. The SMILES string of the molecule is CC(C)[C@H](NC(=O)NC1CCC(=O)NC1=O)C(=O)O. The van der Waals surface area contributed by atoms with Gasteiger partial charge in [-0.15, -0.1) is 0 Å². The highest BCUT2D eigenvalue weighted by Crippen LogP contribution is 2.05. The third-order valence-electron chi connectivity index (χ3n) is 2.76. The van der Waals surface area contributed by atoms with Crippen LogP contribution >= 0.6 is 0 Å². The van der Waals surface area contributed by atoms with Gasteiger partial charge in [-0.3, -0.25) is 14.9 Å². The van der Waals surface area contributed by atoms with Gasteiger partial charge >= 0.3 is 12.0 Å². The molecule has 1 aliphatic rings. The number of nitrogens with one attached hydrogen (secondary N) is 3. The topological polar surface area (TPSA) is 125 Å². The van der Waals surface area contributed by atoms with Gasteiger partial charge in [-0.2, -0.15) is 0 Å². The van der Waals surface area contributed by atoms with Gasteiger partial charge in [0.05, 0.1) is 0 Å². The number of imide groups is 1. The number of rotatable bonds is 4. The molecule has 0 aromatic heterocycles. The first-order valence-corrected chi connectivity index (χ1v) is 5.94. The summed E-state index contributed by atoms with van der Waals surface area (Å²) in [6.45, 7) is 3.32. The predicted molar refractivity (Wildman–Crippen MR) is 64.1 cm³/mol. The second kappa shape index (κ2) is 6.17. The predicted octanol–water partition coefficient (Wildman–Crippen LogP) is -0.800. The van der Waals surface area contributed by atoms with Gasteiger partial charge in [0.15, 0.2) is 0 Å². The van der Waals surface area contributed by atoms with Crippen LogP contribution in [0.3, 0.4) is 0 Å². The summed E-state index contributed by atoms with van der Waals surface area (Å²) >= 11 is 0. The van der Waals surface area contributed by atoms with Crippen LogP contribution in [0.25, 0.3) is 0 Å². The van der Waals surface area contributed by atoms with Crippen LogP contribution in [-0.4, -0.2) is 41.0 Å². The van der Waals surface area contributed by atoms with Gasteiger partial charge in [0.1, 0.15) is 12.1 Å². The second-order valence-corrected chi connectivity index (χ2v) is 4.68. The first-order chi connectivity index (χ1) is 8.81. The summed E-state index contributed by atoms with van der Waals surface area (Å²) in [5, 5.41) is 15.6. The van der Waals surface area contributed by atoms with Crippen LogP contribution in [0.15, 0.2) is 0 Å². The van der Waals surface area contributed by atoms with E-state index < -0.39 is 30.0 Å². The van der Waals surface area contributed by atoms with Gasteiger partial charge in [-0.1, -0.05) is 13.8 Å². The molecule has 1 heterocycles. The summed E-state index contributed by atoms with van der Waals surface area (Å²) in [5.74, 6) is -2.39. The largest absolute Gasteiger partial charge is 0.480 e. The summed E-state index contributed by atoms with van der Waals surface area (Å²) in [5.41, 5.74) is 0. The molecule has 0 aliphatic carbocycles. The molecule has 0 aromatic carbocycles. The van der Waals surface area contributed by atoms with Crippen LogP contribution in [0.2, 0.25) is 0 Å². The molecule has 0 spiro atoms. The Balaban J connectivity index is 2.53. The molecule has 106 valence electrons. The fourth-order valence-electron chi connectivity index (χ4n) is 1.69. The van der Waals surface area contributed by atoms with E-state index in [4.69, 9.17) is 5.11 Å². The Hall–Kier alpha value is -2.12. The van der Waals surface area contributed by atoms with Crippen LogP contribution in [0.1, 0.15) is 26.7 Å². The van der Waals surface area contributed by atoms with E-state index in [-0.39, 0.29) is 24.7 Å². The Bertz CT molecular complexity index is 407. The van der Waals surface area contributed by atoms with Gasteiger partial charge < -0.3 is 15.7 Å². The molecule has 19 heavy (non-hydrogen) atoms. The van der Waals surface area contributed by atoms with Crippen molar-refractivity contribution in [1.29, 1.82) is 0 Å². The van der Waals surface area contributed by atoms with E-state index >= 15 is 0 Å². The molecule has 1 aliphatic heterocycles. The number of urea groups is 1. The van der Waals surface area contributed by atoms with Crippen molar-refractivity contribution < 1.29 is 24.3 Å². The molecule has 1 unspecified atom stereocenters. The number of carbonyl (C=O) groups is 4.